The molecule has 0 aliphatic carbocycles. The molecule has 11 aromatic rings. The van der Waals surface area contributed by atoms with Crippen molar-refractivity contribution in [2.75, 3.05) is 0 Å². The summed E-state index contributed by atoms with van der Waals surface area (Å²) in [5.41, 5.74) is 6.38. The van der Waals surface area contributed by atoms with E-state index in [0.29, 0.717) is 17.5 Å². The van der Waals surface area contributed by atoms with Crippen LogP contribution in [-0.2, 0) is 0 Å². The Morgan fingerprint density at radius 3 is 1.36 bits per heavy atom. The van der Waals surface area contributed by atoms with Gasteiger partial charge in [-0.3, -0.25) is 0 Å². The van der Waals surface area contributed by atoms with Crippen LogP contribution in [0.1, 0.15) is 0 Å². The third-order valence-corrected chi connectivity index (χ3v) is 10.6. The molecular weight excluding hydrogens is 645 g/mol. The number of fused-ring (bicyclic) bond motifs is 7. The zero-order valence-electron chi connectivity index (χ0n) is 28.6. The topological polar surface area (TPSA) is 43.6 Å². The summed E-state index contributed by atoms with van der Waals surface area (Å²) in [7, 11) is 0. The van der Waals surface area contributed by atoms with Crippen LogP contribution in [0.4, 0.5) is 0 Å². The Morgan fingerprint density at radius 2 is 0.736 bits per heavy atom. The van der Waals surface area contributed by atoms with Gasteiger partial charge in [-0.15, -0.1) is 0 Å². The molecule has 0 unspecified atom stereocenters. The molecule has 4 heteroatoms. The predicted molar refractivity (Wildman–Crippen MR) is 220 cm³/mol. The summed E-state index contributed by atoms with van der Waals surface area (Å²) in [4.78, 5) is 15.8. The van der Waals surface area contributed by atoms with Crippen LogP contribution in [0, 0.1) is 0 Å². The van der Waals surface area contributed by atoms with Gasteiger partial charge in [-0.05, 0) is 68.0 Å². The van der Waals surface area contributed by atoms with Crippen LogP contribution in [0.3, 0.4) is 0 Å². The third kappa shape index (κ3) is 4.66. The largest absolute Gasteiger partial charge is 0.309 e. The lowest BCUT2D eigenvalue weighted by Crippen LogP contribution is -2.02. The minimum atomic E-state index is 0.641. The summed E-state index contributed by atoms with van der Waals surface area (Å²) >= 11 is 0. The molecule has 0 aliphatic heterocycles. The summed E-state index contributed by atoms with van der Waals surface area (Å²) in [5, 5.41) is 11.6. The minimum Gasteiger partial charge on any atom is -0.309 e. The molecule has 0 saturated heterocycles. The molecule has 246 valence electrons. The molecule has 53 heavy (non-hydrogen) atoms. The minimum absolute atomic E-state index is 0.641. The first kappa shape index (κ1) is 29.5. The van der Waals surface area contributed by atoms with E-state index in [-0.39, 0.29) is 0 Å². The summed E-state index contributed by atoms with van der Waals surface area (Å²) in [6, 6.07) is 64.5. The lowest BCUT2D eigenvalue weighted by molar-refractivity contribution is 1.08. The standard InChI is InChI=1S/C49H30N4/c1-2-16-34-30-46-43(29-33(34)15-1)39-23-9-10-26-44(39)53(46)45-28-27-42(37-21-7-8-22-38(37)45)49-51-47(40-24-11-17-31-13-3-5-19-35(31)40)50-48(52-49)41-25-12-18-32-14-4-6-20-36(32)41/h1-30H. The van der Waals surface area contributed by atoms with Gasteiger partial charge in [-0.2, -0.15) is 0 Å². The lowest BCUT2D eigenvalue weighted by atomic mass is 10.0. The fraction of sp³-hybridized carbons (Fsp3) is 0. The van der Waals surface area contributed by atoms with Gasteiger partial charge in [-0.1, -0.05) is 152 Å². The highest BCUT2D eigenvalue weighted by molar-refractivity contribution is 6.15. The molecule has 0 spiro atoms. The number of aromatic nitrogens is 4. The van der Waals surface area contributed by atoms with Crippen molar-refractivity contribution in [3.63, 3.8) is 0 Å². The molecule has 11 rings (SSSR count). The van der Waals surface area contributed by atoms with E-state index in [1.807, 2.05) is 0 Å². The number of hydrogen-bond donors (Lipinski definition) is 0. The molecule has 0 atom stereocenters. The van der Waals surface area contributed by atoms with Gasteiger partial charge in [0, 0.05) is 32.8 Å². The van der Waals surface area contributed by atoms with Crippen molar-refractivity contribution >= 4 is 64.9 Å². The number of nitrogens with zero attached hydrogens (tertiary/aromatic N) is 4. The van der Waals surface area contributed by atoms with Crippen molar-refractivity contribution in [1.82, 2.24) is 19.5 Å². The quantitative estimate of drug-likeness (QED) is 0.187. The maximum atomic E-state index is 5.28. The molecule has 0 amide bonds. The van der Waals surface area contributed by atoms with Crippen molar-refractivity contribution in [3.05, 3.63) is 182 Å². The first-order valence-electron chi connectivity index (χ1n) is 18.0. The highest BCUT2D eigenvalue weighted by atomic mass is 15.0. The van der Waals surface area contributed by atoms with E-state index < -0.39 is 0 Å². The summed E-state index contributed by atoms with van der Waals surface area (Å²) in [6.07, 6.45) is 0. The molecule has 0 radical (unpaired) electrons. The lowest BCUT2D eigenvalue weighted by Gasteiger charge is -2.16. The van der Waals surface area contributed by atoms with Crippen LogP contribution < -0.4 is 0 Å². The van der Waals surface area contributed by atoms with Gasteiger partial charge in [0.15, 0.2) is 17.5 Å². The second-order valence-electron chi connectivity index (χ2n) is 13.6. The molecule has 9 aromatic carbocycles. The van der Waals surface area contributed by atoms with Crippen LogP contribution in [0.25, 0.3) is 105 Å². The van der Waals surface area contributed by atoms with Crippen LogP contribution in [-0.4, -0.2) is 19.5 Å². The fourth-order valence-electron chi connectivity index (χ4n) is 8.17. The molecular formula is C49H30N4. The molecule has 2 heterocycles. The van der Waals surface area contributed by atoms with Crippen LogP contribution >= 0.6 is 0 Å². The second kappa shape index (κ2) is 11.7. The van der Waals surface area contributed by atoms with Crippen LogP contribution in [0.2, 0.25) is 0 Å². The Morgan fingerprint density at radius 1 is 0.283 bits per heavy atom. The van der Waals surface area contributed by atoms with Gasteiger partial charge < -0.3 is 4.57 Å². The highest BCUT2D eigenvalue weighted by Crippen LogP contribution is 2.40. The van der Waals surface area contributed by atoms with Crippen molar-refractivity contribution in [1.29, 1.82) is 0 Å². The summed E-state index contributed by atoms with van der Waals surface area (Å²) in [5.74, 6) is 1.94. The van der Waals surface area contributed by atoms with Crippen molar-refractivity contribution in [2.45, 2.75) is 0 Å². The average molecular weight is 675 g/mol. The summed E-state index contributed by atoms with van der Waals surface area (Å²) < 4.78 is 2.42. The van der Waals surface area contributed by atoms with E-state index in [9.17, 15) is 0 Å². The molecule has 4 nitrogen and oxygen atoms in total. The first-order valence-corrected chi connectivity index (χ1v) is 18.0. The molecule has 0 N–H and O–H groups in total. The van der Waals surface area contributed by atoms with E-state index in [1.54, 1.807) is 0 Å². The van der Waals surface area contributed by atoms with Crippen molar-refractivity contribution in [2.24, 2.45) is 0 Å². The van der Waals surface area contributed by atoms with Crippen molar-refractivity contribution < 1.29 is 0 Å². The van der Waals surface area contributed by atoms with Gasteiger partial charge in [0.2, 0.25) is 0 Å². The van der Waals surface area contributed by atoms with Gasteiger partial charge in [-0.25, -0.2) is 15.0 Å². The van der Waals surface area contributed by atoms with Gasteiger partial charge in [0.25, 0.3) is 0 Å². The molecule has 0 saturated carbocycles. The van der Waals surface area contributed by atoms with Gasteiger partial charge in [0.05, 0.1) is 16.7 Å². The maximum Gasteiger partial charge on any atom is 0.164 e. The number of benzene rings is 9. The second-order valence-corrected chi connectivity index (χ2v) is 13.6. The highest BCUT2D eigenvalue weighted by Gasteiger charge is 2.20. The Balaban J connectivity index is 1.19. The van der Waals surface area contributed by atoms with E-state index in [0.717, 1.165) is 54.7 Å². The zero-order chi connectivity index (χ0) is 34.9. The molecule has 0 fully saturated rings. The van der Waals surface area contributed by atoms with Crippen LogP contribution in [0.5, 0.6) is 0 Å². The van der Waals surface area contributed by atoms with Crippen LogP contribution in [0.15, 0.2) is 182 Å². The number of para-hydroxylation sites is 1. The average Bonchev–Trinajstić information content (AvgIpc) is 3.54. The monoisotopic (exact) mass is 674 g/mol. The number of hydrogen-bond acceptors (Lipinski definition) is 3. The molecule has 0 aliphatic rings. The fourth-order valence-corrected chi connectivity index (χ4v) is 8.17. The first-order chi connectivity index (χ1) is 26.3. The third-order valence-electron chi connectivity index (χ3n) is 10.6. The Labute approximate surface area is 305 Å². The van der Waals surface area contributed by atoms with Crippen molar-refractivity contribution in [3.8, 4) is 39.9 Å². The Hall–Kier alpha value is -7.17. The smallest absolute Gasteiger partial charge is 0.164 e. The maximum absolute atomic E-state index is 5.28. The molecule has 0 bridgehead atoms. The summed E-state index contributed by atoms with van der Waals surface area (Å²) in [6.45, 7) is 0. The van der Waals surface area contributed by atoms with E-state index in [4.69, 9.17) is 15.0 Å². The molecule has 2 aromatic heterocycles. The normalized spacial score (nSPS) is 11.8. The zero-order valence-corrected chi connectivity index (χ0v) is 28.6. The predicted octanol–water partition coefficient (Wildman–Crippen LogP) is 12.6. The Bertz CT molecular complexity index is 3140. The van der Waals surface area contributed by atoms with Gasteiger partial charge in [0.1, 0.15) is 0 Å². The van der Waals surface area contributed by atoms with E-state index in [2.05, 4.69) is 187 Å². The Kier molecular flexibility index (Phi) is 6.52. The van der Waals surface area contributed by atoms with E-state index >= 15 is 0 Å². The van der Waals surface area contributed by atoms with Gasteiger partial charge >= 0.3 is 0 Å². The van der Waals surface area contributed by atoms with E-state index in [1.165, 1.54) is 32.6 Å². The SMILES string of the molecule is c1ccc2cc3c(cc2c1)c1ccccc1n3-c1ccc(-c2nc(-c3cccc4ccccc34)nc(-c3cccc4ccccc34)n2)c2ccccc12. The number of rotatable bonds is 4.